The van der Waals surface area contributed by atoms with E-state index in [1.807, 2.05) is 0 Å². The van der Waals surface area contributed by atoms with Gasteiger partial charge in [-0.3, -0.25) is 14.5 Å². The third kappa shape index (κ3) is 6.08. The maximum Gasteiger partial charge on any atom is 0.416 e. The van der Waals surface area contributed by atoms with Crippen LogP contribution in [0.25, 0.3) is 0 Å². The van der Waals surface area contributed by atoms with E-state index in [0.29, 0.717) is 22.7 Å². The standard InChI is InChI=1S/C26H26ClF6N5O3/c1-24-14-36(13-16-4-2-3-5-19(16)27)22(40)20(11-34)38(24)21(39)6-7-37(24)23(41)35-12-15-8-17(25(28,29)30)10-18(9-15)26(31,32)33/h2-5,8-10,20H,6-7,11-14,34H2,1H3,(H,35,41)/t20-,24+/m0/s1. The number of amides is 4. The quantitative estimate of drug-likeness (QED) is 0.499. The van der Waals surface area contributed by atoms with Crippen LogP contribution in [0.4, 0.5) is 31.1 Å². The molecule has 4 amide bonds. The van der Waals surface area contributed by atoms with Crippen molar-refractivity contribution in [2.45, 2.75) is 50.5 Å². The summed E-state index contributed by atoms with van der Waals surface area (Å²) in [6.07, 6.45) is -10.3. The molecule has 0 bridgehead atoms. The van der Waals surface area contributed by atoms with E-state index in [4.69, 9.17) is 17.3 Å². The number of alkyl halides is 6. The molecule has 0 aromatic heterocycles. The molecule has 8 nitrogen and oxygen atoms in total. The molecule has 3 N–H and O–H groups in total. The Labute approximate surface area is 236 Å². The van der Waals surface area contributed by atoms with Crippen LogP contribution in [0.3, 0.4) is 0 Å². The lowest BCUT2D eigenvalue weighted by Gasteiger charge is -2.58. The van der Waals surface area contributed by atoms with Crippen molar-refractivity contribution in [3.8, 4) is 0 Å². The van der Waals surface area contributed by atoms with E-state index in [-0.39, 0.29) is 38.7 Å². The lowest BCUT2D eigenvalue weighted by molar-refractivity contribution is -0.181. The number of nitrogens with one attached hydrogen (secondary N) is 1. The molecule has 222 valence electrons. The largest absolute Gasteiger partial charge is 0.416 e. The van der Waals surface area contributed by atoms with Gasteiger partial charge in [-0.05, 0) is 42.3 Å². The fraction of sp³-hybridized carbons (Fsp3) is 0.423. The number of fused-ring (bicyclic) bond motifs is 1. The first-order valence-electron chi connectivity index (χ1n) is 12.4. The van der Waals surface area contributed by atoms with E-state index >= 15 is 0 Å². The van der Waals surface area contributed by atoms with Crippen LogP contribution in [-0.4, -0.2) is 63.9 Å². The SMILES string of the molecule is C[C@]12CN(Cc3ccccc3Cl)C(=O)[C@H](CN)N1C(=O)CCN2C(=O)NCc1cc(C(F)(F)F)cc(C(F)(F)F)c1. The number of piperazine rings is 1. The lowest BCUT2D eigenvalue weighted by Crippen LogP contribution is -2.79. The zero-order valence-electron chi connectivity index (χ0n) is 21.7. The number of urea groups is 1. The van der Waals surface area contributed by atoms with Gasteiger partial charge < -0.3 is 20.9 Å². The fourth-order valence-corrected chi connectivity index (χ4v) is 5.48. The second-order valence-corrected chi connectivity index (χ2v) is 10.4. The molecular weight excluding hydrogens is 580 g/mol. The summed E-state index contributed by atoms with van der Waals surface area (Å²) in [5, 5.41) is 2.77. The van der Waals surface area contributed by atoms with E-state index in [2.05, 4.69) is 5.32 Å². The Balaban J connectivity index is 1.61. The molecule has 0 aliphatic carbocycles. The van der Waals surface area contributed by atoms with E-state index in [9.17, 15) is 40.7 Å². The molecule has 4 rings (SSSR count). The van der Waals surface area contributed by atoms with Gasteiger partial charge in [0.25, 0.3) is 0 Å². The van der Waals surface area contributed by atoms with Crippen LogP contribution in [0.15, 0.2) is 42.5 Å². The minimum absolute atomic E-state index is 0.0000593. The molecule has 2 atom stereocenters. The molecule has 2 aromatic carbocycles. The van der Waals surface area contributed by atoms with Crippen molar-refractivity contribution in [3.63, 3.8) is 0 Å². The molecule has 15 heteroatoms. The predicted molar refractivity (Wildman–Crippen MR) is 135 cm³/mol. The van der Waals surface area contributed by atoms with E-state index in [1.54, 1.807) is 31.2 Å². The second kappa shape index (κ2) is 11.0. The number of halogens is 7. The molecule has 41 heavy (non-hydrogen) atoms. The number of rotatable bonds is 5. The van der Waals surface area contributed by atoms with Crippen molar-refractivity contribution in [3.05, 3.63) is 69.7 Å². The molecule has 2 fully saturated rings. The maximum atomic E-state index is 13.4. The lowest BCUT2D eigenvalue weighted by atomic mass is 9.94. The van der Waals surface area contributed by atoms with Gasteiger partial charge in [0, 0.05) is 37.6 Å². The summed E-state index contributed by atoms with van der Waals surface area (Å²) in [4.78, 5) is 43.6. The number of nitrogens with two attached hydrogens (primary N) is 1. The Morgan fingerprint density at radius 1 is 1.07 bits per heavy atom. The molecule has 2 saturated heterocycles. The summed E-state index contributed by atoms with van der Waals surface area (Å²) in [6, 6.07) is 5.88. The number of carbonyl (C=O) groups excluding carboxylic acids is 3. The Bertz CT molecular complexity index is 1320. The van der Waals surface area contributed by atoms with Gasteiger partial charge in [-0.2, -0.15) is 26.3 Å². The zero-order chi connectivity index (χ0) is 30.3. The highest BCUT2D eigenvalue weighted by Crippen LogP contribution is 2.37. The van der Waals surface area contributed by atoms with Gasteiger partial charge in [0.1, 0.15) is 11.7 Å². The van der Waals surface area contributed by atoms with Gasteiger partial charge >= 0.3 is 18.4 Å². The molecule has 0 unspecified atom stereocenters. The topological polar surface area (TPSA) is 99.0 Å². The Morgan fingerprint density at radius 2 is 1.68 bits per heavy atom. The molecule has 2 aliphatic heterocycles. The summed E-state index contributed by atoms with van der Waals surface area (Å²) in [5.74, 6) is -0.880. The third-order valence-electron chi connectivity index (χ3n) is 7.20. The van der Waals surface area contributed by atoms with Crippen molar-refractivity contribution in [2.75, 3.05) is 19.6 Å². The average molecular weight is 606 g/mol. The van der Waals surface area contributed by atoms with E-state index < -0.39 is 65.1 Å². The van der Waals surface area contributed by atoms with Crippen molar-refractivity contribution in [2.24, 2.45) is 5.73 Å². The Morgan fingerprint density at radius 3 is 2.24 bits per heavy atom. The van der Waals surface area contributed by atoms with Gasteiger partial charge in [-0.1, -0.05) is 29.8 Å². The number of hydrogen-bond acceptors (Lipinski definition) is 4. The summed E-state index contributed by atoms with van der Waals surface area (Å²) >= 11 is 6.27. The van der Waals surface area contributed by atoms with Crippen molar-refractivity contribution in [1.29, 1.82) is 0 Å². The Kier molecular flexibility index (Phi) is 8.20. The van der Waals surface area contributed by atoms with Gasteiger partial charge in [-0.25, -0.2) is 4.79 Å². The van der Waals surface area contributed by atoms with Crippen molar-refractivity contribution >= 4 is 29.4 Å². The number of carbonyl (C=O) groups is 3. The van der Waals surface area contributed by atoms with Crippen LogP contribution >= 0.6 is 11.6 Å². The first-order valence-corrected chi connectivity index (χ1v) is 12.8. The first kappa shape index (κ1) is 30.4. The number of hydrogen-bond donors (Lipinski definition) is 2. The first-order chi connectivity index (χ1) is 19.1. The van der Waals surface area contributed by atoms with Crippen LogP contribution in [-0.2, 0) is 35.0 Å². The van der Waals surface area contributed by atoms with Gasteiger partial charge in [0.15, 0.2) is 0 Å². The highest BCUT2D eigenvalue weighted by atomic mass is 35.5. The van der Waals surface area contributed by atoms with Gasteiger partial charge in [-0.15, -0.1) is 0 Å². The highest BCUT2D eigenvalue weighted by Gasteiger charge is 2.55. The number of benzene rings is 2. The minimum atomic E-state index is -5.04. The van der Waals surface area contributed by atoms with Crippen LogP contribution in [0, 0.1) is 0 Å². The summed E-state index contributed by atoms with van der Waals surface area (Å²) in [5.41, 5.74) is 1.63. The number of nitrogens with zero attached hydrogens (tertiary/aromatic N) is 3. The fourth-order valence-electron chi connectivity index (χ4n) is 5.29. The highest BCUT2D eigenvalue weighted by molar-refractivity contribution is 6.31. The van der Waals surface area contributed by atoms with Crippen molar-refractivity contribution in [1.82, 2.24) is 20.0 Å². The smallest absolute Gasteiger partial charge is 0.334 e. The monoisotopic (exact) mass is 605 g/mol. The van der Waals surface area contributed by atoms with Crippen molar-refractivity contribution < 1.29 is 40.7 Å². The molecule has 2 aromatic rings. The molecule has 2 heterocycles. The molecule has 2 aliphatic rings. The minimum Gasteiger partial charge on any atom is -0.334 e. The van der Waals surface area contributed by atoms with E-state index in [1.165, 1.54) is 14.7 Å². The summed E-state index contributed by atoms with van der Waals surface area (Å²) in [7, 11) is 0. The van der Waals surface area contributed by atoms with Crippen LogP contribution in [0.2, 0.25) is 5.02 Å². The zero-order valence-corrected chi connectivity index (χ0v) is 22.4. The predicted octanol–water partition coefficient (Wildman–Crippen LogP) is 4.21. The van der Waals surface area contributed by atoms with E-state index in [0.717, 1.165) is 0 Å². The third-order valence-corrected chi connectivity index (χ3v) is 7.56. The Hall–Kier alpha value is -3.52. The summed E-state index contributed by atoms with van der Waals surface area (Å²) < 4.78 is 79.6. The van der Waals surface area contributed by atoms with Gasteiger partial charge in [0.05, 0.1) is 17.7 Å². The normalized spacial score (nSPS) is 21.7. The van der Waals surface area contributed by atoms with Crippen LogP contribution < -0.4 is 11.1 Å². The average Bonchev–Trinajstić information content (AvgIpc) is 2.88. The molecular formula is C26H26ClF6N5O3. The second-order valence-electron chi connectivity index (χ2n) is 9.99. The molecule has 0 radical (unpaired) electrons. The summed E-state index contributed by atoms with van der Waals surface area (Å²) in [6.45, 7) is 0.429. The molecule has 0 spiro atoms. The molecule has 0 saturated carbocycles. The van der Waals surface area contributed by atoms with Crippen LogP contribution in [0.1, 0.15) is 35.6 Å². The maximum absolute atomic E-state index is 13.4. The van der Waals surface area contributed by atoms with Gasteiger partial charge in [0.2, 0.25) is 11.8 Å². The van der Waals surface area contributed by atoms with Crippen LogP contribution in [0.5, 0.6) is 0 Å².